The SMILES string of the molecule is Cc1cc(C(=O)N[C@H](C(N)=O)c2ccc(F)cc2)no1. The van der Waals surface area contributed by atoms with Gasteiger partial charge in [-0.25, -0.2) is 4.39 Å². The number of hydrogen-bond donors (Lipinski definition) is 2. The van der Waals surface area contributed by atoms with Crippen molar-refractivity contribution in [3.05, 3.63) is 53.2 Å². The highest BCUT2D eigenvalue weighted by Crippen LogP contribution is 2.14. The number of aryl methyl sites for hydroxylation is 1. The van der Waals surface area contributed by atoms with Crippen molar-refractivity contribution in [2.75, 3.05) is 0 Å². The van der Waals surface area contributed by atoms with E-state index in [2.05, 4.69) is 10.5 Å². The van der Waals surface area contributed by atoms with Crippen molar-refractivity contribution in [3.8, 4) is 0 Å². The zero-order valence-corrected chi connectivity index (χ0v) is 10.6. The molecular formula is C13H12FN3O3. The van der Waals surface area contributed by atoms with E-state index < -0.39 is 23.7 Å². The normalized spacial score (nSPS) is 11.9. The third kappa shape index (κ3) is 3.00. The molecule has 7 heteroatoms. The second kappa shape index (κ2) is 5.52. The quantitative estimate of drug-likeness (QED) is 0.873. The summed E-state index contributed by atoms with van der Waals surface area (Å²) in [6, 6.07) is 5.46. The highest BCUT2D eigenvalue weighted by molar-refractivity contribution is 5.96. The maximum atomic E-state index is 12.9. The second-order valence-corrected chi connectivity index (χ2v) is 4.18. The van der Waals surface area contributed by atoms with Gasteiger partial charge < -0.3 is 15.6 Å². The average Bonchev–Trinajstić information content (AvgIpc) is 2.83. The lowest BCUT2D eigenvalue weighted by molar-refractivity contribution is -0.120. The summed E-state index contributed by atoms with van der Waals surface area (Å²) < 4.78 is 17.6. The van der Waals surface area contributed by atoms with Gasteiger partial charge in [0, 0.05) is 6.07 Å². The number of primary amides is 1. The van der Waals surface area contributed by atoms with Gasteiger partial charge in [-0.15, -0.1) is 0 Å². The second-order valence-electron chi connectivity index (χ2n) is 4.18. The summed E-state index contributed by atoms with van der Waals surface area (Å²) in [5.41, 5.74) is 5.67. The molecule has 0 fully saturated rings. The van der Waals surface area contributed by atoms with Crippen LogP contribution in [0.2, 0.25) is 0 Å². The molecule has 1 heterocycles. The molecule has 0 bridgehead atoms. The van der Waals surface area contributed by atoms with E-state index in [1.807, 2.05) is 0 Å². The van der Waals surface area contributed by atoms with E-state index in [4.69, 9.17) is 10.3 Å². The first-order valence-corrected chi connectivity index (χ1v) is 5.76. The Kier molecular flexibility index (Phi) is 3.79. The number of halogens is 1. The minimum absolute atomic E-state index is 0.0378. The molecule has 0 aliphatic carbocycles. The first-order valence-electron chi connectivity index (χ1n) is 5.76. The van der Waals surface area contributed by atoms with Crippen molar-refractivity contribution >= 4 is 11.8 Å². The van der Waals surface area contributed by atoms with Gasteiger partial charge in [-0.1, -0.05) is 17.3 Å². The molecule has 0 spiro atoms. The van der Waals surface area contributed by atoms with Gasteiger partial charge in [0.25, 0.3) is 5.91 Å². The number of carbonyl (C=O) groups excluding carboxylic acids is 2. The fourth-order valence-electron chi connectivity index (χ4n) is 1.65. The summed E-state index contributed by atoms with van der Waals surface area (Å²) in [4.78, 5) is 23.3. The Morgan fingerprint density at radius 1 is 1.35 bits per heavy atom. The first kappa shape index (κ1) is 13.7. The van der Waals surface area contributed by atoms with Crippen LogP contribution in [0.3, 0.4) is 0 Å². The molecule has 0 aliphatic heterocycles. The van der Waals surface area contributed by atoms with Gasteiger partial charge >= 0.3 is 0 Å². The van der Waals surface area contributed by atoms with Gasteiger partial charge in [0.05, 0.1) is 0 Å². The number of hydrogen-bond acceptors (Lipinski definition) is 4. The van der Waals surface area contributed by atoms with Gasteiger partial charge in [-0.3, -0.25) is 9.59 Å². The summed E-state index contributed by atoms with van der Waals surface area (Å²) in [5.74, 6) is -1.34. The van der Waals surface area contributed by atoms with E-state index in [0.717, 1.165) is 0 Å². The van der Waals surface area contributed by atoms with Crippen LogP contribution in [0, 0.1) is 12.7 Å². The van der Waals surface area contributed by atoms with E-state index in [1.165, 1.54) is 30.3 Å². The Bertz CT molecular complexity index is 637. The van der Waals surface area contributed by atoms with Crippen LogP contribution in [0.5, 0.6) is 0 Å². The molecule has 0 unspecified atom stereocenters. The van der Waals surface area contributed by atoms with Crippen molar-refractivity contribution in [3.63, 3.8) is 0 Å². The minimum Gasteiger partial charge on any atom is -0.368 e. The summed E-state index contributed by atoms with van der Waals surface area (Å²) in [6.45, 7) is 1.63. The first-order chi connectivity index (χ1) is 9.47. The zero-order chi connectivity index (χ0) is 14.7. The lowest BCUT2D eigenvalue weighted by Gasteiger charge is -2.14. The molecule has 1 aromatic carbocycles. The molecule has 104 valence electrons. The molecule has 0 saturated carbocycles. The Labute approximate surface area is 113 Å². The number of benzene rings is 1. The number of rotatable bonds is 4. The number of carbonyl (C=O) groups is 2. The molecule has 0 aliphatic rings. The van der Waals surface area contributed by atoms with Crippen LogP contribution in [-0.2, 0) is 4.79 Å². The van der Waals surface area contributed by atoms with Crippen molar-refractivity contribution in [2.45, 2.75) is 13.0 Å². The molecule has 2 rings (SSSR count). The lowest BCUT2D eigenvalue weighted by atomic mass is 10.1. The zero-order valence-electron chi connectivity index (χ0n) is 10.6. The van der Waals surface area contributed by atoms with E-state index in [-0.39, 0.29) is 5.69 Å². The van der Waals surface area contributed by atoms with Gasteiger partial charge in [0.1, 0.15) is 17.6 Å². The highest BCUT2D eigenvalue weighted by atomic mass is 19.1. The summed E-state index contributed by atoms with van der Waals surface area (Å²) in [5, 5.41) is 5.96. The van der Waals surface area contributed by atoms with Crippen LogP contribution in [0.4, 0.5) is 4.39 Å². The van der Waals surface area contributed by atoms with Crippen LogP contribution >= 0.6 is 0 Å². The monoisotopic (exact) mass is 277 g/mol. The molecule has 2 amide bonds. The molecule has 0 saturated heterocycles. The molecule has 20 heavy (non-hydrogen) atoms. The summed E-state index contributed by atoms with van der Waals surface area (Å²) in [7, 11) is 0. The van der Waals surface area contributed by atoms with Crippen molar-refractivity contribution in [2.24, 2.45) is 5.73 Å². The summed E-state index contributed by atoms with van der Waals surface area (Å²) >= 11 is 0. The summed E-state index contributed by atoms with van der Waals surface area (Å²) in [6.07, 6.45) is 0. The minimum atomic E-state index is -1.07. The van der Waals surface area contributed by atoms with E-state index in [0.29, 0.717) is 11.3 Å². The smallest absolute Gasteiger partial charge is 0.274 e. The molecule has 1 aromatic heterocycles. The standard InChI is InChI=1S/C13H12FN3O3/c1-7-6-10(17-20-7)13(19)16-11(12(15)18)8-2-4-9(14)5-3-8/h2-6,11H,1H3,(H2,15,18)(H,16,19)/t11-/m0/s1. The number of amides is 2. The van der Waals surface area contributed by atoms with Gasteiger partial charge in [-0.05, 0) is 24.6 Å². The maximum Gasteiger partial charge on any atom is 0.274 e. The maximum absolute atomic E-state index is 12.9. The molecule has 6 nitrogen and oxygen atoms in total. The Balaban J connectivity index is 2.20. The van der Waals surface area contributed by atoms with Crippen LogP contribution in [-0.4, -0.2) is 17.0 Å². The van der Waals surface area contributed by atoms with E-state index in [1.54, 1.807) is 6.92 Å². The van der Waals surface area contributed by atoms with Gasteiger partial charge in [0.2, 0.25) is 5.91 Å². The third-order valence-corrected chi connectivity index (χ3v) is 2.62. The molecule has 3 N–H and O–H groups in total. The molecule has 1 atom stereocenters. The topological polar surface area (TPSA) is 98.2 Å². The van der Waals surface area contributed by atoms with E-state index >= 15 is 0 Å². The van der Waals surface area contributed by atoms with Gasteiger partial charge in [-0.2, -0.15) is 0 Å². The number of aromatic nitrogens is 1. The predicted octanol–water partition coefficient (Wildman–Crippen LogP) is 1.08. The molecule has 0 radical (unpaired) electrons. The Hall–Kier alpha value is -2.70. The number of nitrogens with one attached hydrogen (secondary N) is 1. The van der Waals surface area contributed by atoms with E-state index in [9.17, 15) is 14.0 Å². The lowest BCUT2D eigenvalue weighted by Crippen LogP contribution is -2.37. The average molecular weight is 277 g/mol. The largest absolute Gasteiger partial charge is 0.368 e. The molecular weight excluding hydrogens is 265 g/mol. The van der Waals surface area contributed by atoms with Crippen LogP contribution in [0.1, 0.15) is 27.9 Å². The number of nitrogens with zero attached hydrogens (tertiary/aromatic N) is 1. The van der Waals surface area contributed by atoms with Crippen LogP contribution in [0.15, 0.2) is 34.9 Å². The Morgan fingerprint density at radius 2 is 2.00 bits per heavy atom. The third-order valence-electron chi connectivity index (χ3n) is 2.62. The fraction of sp³-hybridized carbons (Fsp3) is 0.154. The van der Waals surface area contributed by atoms with Crippen LogP contribution in [0.25, 0.3) is 0 Å². The Morgan fingerprint density at radius 3 is 2.50 bits per heavy atom. The predicted molar refractivity (Wildman–Crippen MR) is 67.0 cm³/mol. The van der Waals surface area contributed by atoms with Crippen molar-refractivity contribution in [1.29, 1.82) is 0 Å². The highest BCUT2D eigenvalue weighted by Gasteiger charge is 2.22. The number of nitrogens with two attached hydrogens (primary N) is 1. The van der Waals surface area contributed by atoms with Crippen LogP contribution < -0.4 is 11.1 Å². The molecule has 2 aromatic rings. The van der Waals surface area contributed by atoms with Crippen molar-refractivity contribution < 1.29 is 18.5 Å². The van der Waals surface area contributed by atoms with Crippen molar-refractivity contribution in [1.82, 2.24) is 10.5 Å². The van der Waals surface area contributed by atoms with Gasteiger partial charge in [0.15, 0.2) is 5.69 Å². The fourth-order valence-corrected chi connectivity index (χ4v) is 1.65.